The second kappa shape index (κ2) is 5.49. The first kappa shape index (κ1) is 14.1. The first-order valence-electron chi connectivity index (χ1n) is 8.07. The van der Waals surface area contributed by atoms with Crippen molar-refractivity contribution in [2.45, 2.75) is 51.1 Å². The Balaban J connectivity index is 1.61. The van der Waals surface area contributed by atoms with Gasteiger partial charge < -0.3 is 5.32 Å². The van der Waals surface area contributed by atoms with Gasteiger partial charge in [-0.15, -0.1) is 0 Å². The van der Waals surface area contributed by atoms with Gasteiger partial charge in [0.05, 0.1) is 6.20 Å². The molecule has 2 aliphatic rings. The molecule has 2 atom stereocenters. The van der Waals surface area contributed by atoms with E-state index >= 15 is 0 Å². The van der Waals surface area contributed by atoms with E-state index in [1.807, 2.05) is 17.9 Å². The molecule has 2 heterocycles. The normalized spacial score (nSPS) is 31.6. The van der Waals surface area contributed by atoms with Crippen LogP contribution >= 0.6 is 0 Å². The number of aromatic nitrogens is 2. The average molecular weight is 276 g/mol. The van der Waals surface area contributed by atoms with Gasteiger partial charge in [0, 0.05) is 44.5 Å². The lowest BCUT2D eigenvalue weighted by Crippen LogP contribution is -2.64. The maximum Gasteiger partial charge on any atom is 0.0522 e. The summed E-state index contributed by atoms with van der Waals surface area (Å²) >= 11 is 0. The smallest absolute Gasteiger partial charge is 0.0522 e. The summed E-state index contributed by atoms with van der Waals surface area (Å²) in [4.78, 5) is 2.71. The summed E-state index contributed by atoms with van der Waals surface area (Å²) < 4.78 is 1.90. The Morgan fingerprint density at radius 1 is 1.45 bits per heavy atom. The van der Waals surface area contributed by atoms with Crippen LogP contribution in [0.3, 0.4) is 0 Å². The van der Waals surface area contributed by atoms with Crippen LogP contribution in [0.1, 0.15) is 38.7 Å². The zero-order valence-electron chi connectivity index (χ0n) is 13.1. The molecule has 4 nitrogen and oxygen atoms in total. The highest BCUT2D eigenvalue weighted by Gasteiger charge is 2.45. The Bertz CT molecular complexity index is 451. The molecule has 2 fully saturated rings. The summed E-state index contributed by atoms with van der Waals surface area (Å²) in [5.74, 6) is 0.904. The summed E-state index contributed by atoms with van der Waals surface area (Å²) in [6, 6.07) is 0.693. The molecular weight excluding hydrogens is 248 g/mol. The van der Waals surface area contributed by atoms with Crippen molar-refractivity contribution in [2.24, 2.45) is 13.0 Å². The fourth-order valence-corrected chi connectivity index (χ4v) is 3.62. The Hall–Kier alpha value is -0.870. The predicted molar refractivity (Wildman–Crippen MR) is 81.7 cm³/mol. The quantitative estimate of drug-likeness (QED) is 0.890. The van der Waals surface area contributed by atoms with Gasteiger partial charge in [-0.25, -0.2) is 0 Å². The van der Waals surface area contributed by atoms with Crippen molar-refractivity contribution in [1.82, 2.24) is 20.0 Å². The summed E-state index contributed by atoms with van der Waals surface area (Å²) in [6.45, 7) is 8.25. The van der Waals surface area contributed by atoms with Crippen molar-refractivity contribution in [2.75, 3.05) is 19.6 Å². The van der Waals surface area contributed by atoms with Crippen molar-refractivity contribution >= 4 is 0 Å². The number of aryl methyl sites for hydroxylation is 1. The van der Waals surface area contributed by atoms with Crippen LogP contribution in [0, 0.1) is 5.92 Å². The van der Waals surface area contributed by atoms with Gasteiger partial charge in [0.2, 0.25) is 0 Å². The minimum Gasteiger partial charge on any atom is -0.308 e. The standard InChI is InChI=1S/C16H28N4/c1-4-15-10-17-16(2,14-5-6-14)12-20(15)8-7-13-9-18-19(3)11-13/h9,11,14-15,17H,4-8,10,12H2,1-3H3. The maximum atomic E-state index is 4.27. The SMILES string of the molecule is CCC1CNC(C)(C2CC2)CN1CCc1cnn(C)c1. The third-order valence-electron chi connectivity index (χ3n) is 5.19. The van der Waals surface area contributed by atoms with Gasteiger partial charge in [-0.1, -0.05) is 6.92 Å². The van der Waals surface area contributed by atoms with Gasteiger partial charge >= 0.3 is 0 Å². The second-order valence-electron chi connectivity index (χ2n) is 6.88. The van der Waals surface area contributed by atoms with Gasteiger partial charge in [0.25, 0.3) is 0 Å². The molecule has 20 heavy (non-hydrogen) atoms. The molecule has 0 aromatic carbocycles. The Labute approximate surface area is 122 Å². The van der Waals surface area contributed by atoms with Gasteiger partial charge in [0.15, 0.2) is 0 Å². The molecule has 1 N–H and O–H groups in total. The monoisotopic (exact) mass is 276 g/mol. The number of nitrogens with zero attached hydrogens (tertiary/aromatic N) is 3. The van der Waals surface area contributed by atoms with E-state index in [1.165, 1.54) is 31.4 Å². The third-order valence-corrected chi connectivity index (χ3v) is 5.19. The van der Waals surface area contributed by atoms with Crippen LogP contribution in [0.25, 0.3) is 0 Å². The van der Waals surface area contributed by atoms with E-state index in [-0.39, 0.29) is 0 Å². The van der Waals surface area contributed by atoms with Crippen molar-refractivity contribution < 1.29 is 0 Å². The molecule has 1 saturated carbocycles. The highest BCUT2D eigenvalue weighted by molar-refractivity contribution is 5.07. The number of hydrogen-bond acceptors (Lipinski definition) is 3. The van der Waals surface area contributed by atoms with E-state index in [1.54, 1.807) is 0 Å². The van der Waals surface area contributed by atoms with E-state index in [0.29, 0.717) is 11.6 Å². The van der Waals surface area contributed by atoms with Crippen LogP contribution in [-0.4, -0.2) is 45.9 Å². The lowest BCUT2D eigenvalue weighted by molar-refractivity contribution is 0.0739. The maximum absolute atomic E-state index is 4.27. The Morgan fingerprint density at radius 2 is 2.25 bits per heavy atom. The zero-order chi connectivity index (χ0) is 14.2. The van der Waals surface area contributed by atoms with E-state index < -0.39 is 0 Å². The Kier molecular flexibility index (Phi) is 3.87. The average Bonchev–Trinajstić information content (AvgIpc) is 3.21. The molecule has 1 saturated heterocycles. The van der Waals surface area contributed by atoms with Crippen LogP contribution in [0.4, 0.5) is 0 Å². The molecule has 0 spiro atoms. The topological polar surface area (TPSA) is 33.1 Å². The fourth-order valence-electron chi connectivity index (χ4n) is 3.62. The molecule has 3 rings (SSSR count). The van der Waals surface area contributed by atoms with E-state index in [2.05, 4.69) is 35.4 Å². The molecule has 1 aromatic rings. The lowest BCUT2D eigenvalue weighted by atomic mass is 9.90. The van der Waals surface area contributed by atoms with E-state index in [9.17, 15) is 0 Å². The number of nitrogens with one attached hydrogen (secondary N) is 1. The minimum absolute atomic E-state index is 0.348. The minimum atomic E-state index is 0.348. The molecule has 0 bridgehead atoms. The summed E-state index contributed by atoms with van der Waals surface area (Å²) in [5, 5.41) is 8.10. The molecule has 112 valence electrons. The molecular formula is C16H28N4. The predicted octanol–water partition coefficient (Wildman–Crippen LogP) is 1.82. The fraction of sp³-hybridized carbons (Fsp3) is 0.812. The van der Waals surface area contributed by atoms with E-state index in [4.69, 9.17) is 0 Å². The summed E-state index contributed by atoms with van der Waals surface area (Å²) in [6.07, 6.45) is 9.33. The van der Waals surface area contributed by atoms with Crippen LogP contribution in [0.5, 0.6) is 0 Å². The number of rotatable bonds is 5. The van der Waals surface area contributed by atoms with Crippen molar-refractivity contribution in [3.05, 3.63) is 18.0 Å². The molecule has 2 unspecified atom stereocenters. The molecule has 1 aliphatic carbocycles. The summed E-state index contributed by atoms with van der Waals surface area (Å²) in [5.41, 5.74) is 1.70. The van der Waals surface area contributed by atoms with Crippen molar-refractivity contribution in [3.8, 4) is 0 Å². The highest BCUT2D eigenvalue weighted by atomic mass is 15.3. The second-order valence-corrected chi connectivity index (χ2v) is 6.88. The molecule has 4 heteroatoms. The van der Waals surface area contributed by atoms with Crippen LogP contribution in [-0.2, 0) is 13.5 Å². The van der Waals surface area contributed by atoms with Crippen molar-refractivity contribution in [3.63, 3.8) is 0 Å². The lowest BCUT2D eigenvalue weighted by Gasteiger charge is -2.46. The van der Waals surface area contributed by atoms with Crippen LogP contribution < -0.4 is 5.32 Å². The van der Waals surface area contributed by atoms with Crippen molar-refractivity contribution in [1.29, 1.82) is 0 Å². The zero-order valence-corrected chi connectivity index (χ0v) is 13.1. The molecule has 0 radical (unpaired) electrons. The first-order chi connectivity index (χ1) is 9.60. The number of piperazine rings is 1. The van der Waals surface area contributed by atoms with Gasteiger partial charge in [0.1, 0.15) is 0 Å². The number of hydrogen-bond donors (Lipinski definition) is 1. The third kappa shape index (κ3) is 2.91. The first-order valence-corrected chi connectivity index (χ1v) is 8.07. The molecule has 1 aliphatic heterocycles. The van der Waals surface area contributed by atoms with Gasteiger partial charge in [-0.2, -0.15) is 5.10 Å². The van der Waals surface area contributed by atoms with Crippen LogP contribution in [0.2, 0.25) is 0 Å². The largest absolute Gasteiger partial charge is 0.308 e. The van der Waals surface area contributed by atoms with Crippen LogP contribution in [0.15, 0.2) is 12.4 Å². The van der Waals surface area contributed by atoms with Gasteiger partial charge in [-0.05, 0) is 44.1 Å². The summed E-state index contributed by atoms with van der Waals surface area (Å²) in [7, 11) is 1.99. The molecule has 0 amide bonds. The van der Waals surface area contributed by atoms with E-state index in [0.717, 1.165) is 25.4 Å². The highest BCUT2D eigenvalue weighted by Crippen LogP contribution is 2.41. The van der Waals surface area contributed by atoms with Gasteiger partial charge in [-0.3, -0.25) is 9.58 Å². The molecule has 1 aromatic heterocycles. The Morgan fingerprint density at radius 3 is 2.85 bits per heavy atom.